The second-order valence-corrected chi connectivity index (χ2v) is 22.5. The first-order chi connectivity index (χ1) is 28.5. The lowest BCUT2D eigenvalue weighted by atomic mass is 9.44. The van der Waals surface area contributed by atoms with Gasteiger partial charge in [-0.25, -0.2) is 4.18 Å². The van der Waals surface area contributed by atoms with Crippen molar-refractivity contribution in [2.24, 2.45) is 39.9 Å². The highest BCUT2D eigenvalue weighted by Crippen LogP contribution is 2.69. The molecule has 4 aliphatic carbocycles. The number of ether oxygens (including phenoxy) is 3. The average Bonchev–Trinajstić information content (AvgIpc) is 3.88. The van der Waals surface area contributed by atoms with E-state index < -0.39 is 74.2 Å². The number of aliphatic hydroxyl groups excluding tert-OH is 2. The van der Waals surface area contributed by atoms with Crippen LogP contribution in [0.1, 0.15) is 190 Å². The van der Waals surface area contributed by atoms with Gasteiger partial charge in [0.2, 0.25) is 0 Å². The van der Waals surface area contributed by atoms with Crippen molar-refractivity contribution in [3.05, 3.63) is 11.1 Å². The molecule has 5 rings (SSSR count). The minimum atomic E-state index is -4.91. The van der Waals surface area contributed by atoms with E-state index in [1.807, 2.05) is 13.8 Å². The zero-order valence-corrected chi connectivity index (χ0v) is 39.7. The molecule has 0 aromatic carbocycles. The van der Waals surface area contributed by atoms with Gasteiger partial charge in [0.1, 0.15) is 30.0 Å². The maximum Gasteiger partial charge on any atom is 0.397 e. The molecule has 0 aromatic heterocycles. The van der Waals surface area contributed by atoms with Gasteiger partial charge in [-0.05, 0) is 112 Å². The van der Waals surface area contributed by atoms with Crippen LogP contribution in [-0.4, -0.2) is 89.1 Å². The summed E-state index contributed by atoms with van der Waals surface area (Å²) >= 11 is 0. The van der Waals surface area contributed by atoms with E-state index in [-0.39, 0.29) is 43.1 Å². The molecular weight excluding hydrogens is 801 g/mol. The van der Waals surface area contributed by atoms with E-state index in [1.54, 1.807) is 13.8 Å². The van der Waals surface area contributed by atoms with Crippen LogP contribution in [-0.2, 0) is 38.4 Å². The monoisotopic (exact) mass is 883 g/mol. The fraction of sp³-hybridized carbons (Fsp3) is 0.917. The van der Waals surface area contributed by atoms with E-state index in [1.165, 1.54) is 57.4 Å². The van der Waals surface area contributed by atoms with Crippen LogP contribution in [0.15, 0.2) is 11.1 Å². The van der Waals surface area contributed by atoms with Crippen molar-refractivity contribution in [3.63, 3.8) is 0 Å². The number of carbonyl (C=O) groups excluding carboxylic acids is 2. The lowest BCUT2D eigenvalue weighted by Crippen LogP contribution is -2.64. The molecule has 1 saturated heterocycles. The summed E-state index contributed by atoms with van der Waals surface area (Å²) in [7, 11) is -4.91. The summed E-state index contributed by atoms with van der Waals surface area (Å²) in [6.07, 6.45) is 15.1. The van der Waals surface area contributed by atoms with E-state index in [4.69, 9.17) is 23.5 Å². The maximum absolute atomic E-state index is 13.6. The van der Waals surface area contributed by atoms with E-state index in [2.05, 4.69) is 20.8 Å². The van der Waals surface area contributed by atoms with Crippen molar-refractivity contribution >= 4 is 22.3 Å². The smallest absolute Gasteiger partial charge is 0.397 e. The van der Waals surface area contributed by atoms with Crippen LogP contribution in [0.5, 0.6) is 0 Å². The molecule has 0 spiro atoms. The lowest BCUT2D eigenvalue weighted by Gasteiger charge is -2.63. The molecule has 12 nitrogen and oxygen atoms in total. The molecule has 0 aromatic rings. The van der Waals surface area contributed by atoms with E-state index in [0.717, 1.165) is 56.9 Å². The number of carbonyl (C=O) groups is 2. The number of allylic oxidation sites excluding steroid dienone is 1. The summed E-state index contributed by atoms with van der Waals surface area (Å²) in [5.41, 5.74) is -1.78. The fourth-order valence-corrected chi connectivity index (χ4v) is 14.0. The summed E-state index contributed by atoms with van der Waals surface area (Å²) in [6, 6.07) is 0. The Hall–Kier alpha value is -1.61. The number of unbranched alkanes of at least 4 members (excludes halogenated alkanes) is 12. The molecule has 352 valence electrons. The number of hydrogen-bond acceptors (Lipinski definition) is 11. The van der Waals surface area contributed by atoms with Crippen LogP contribution in [0, 0.1) is 39.9 Å². The number of fused-ring (bicyclic) bond motifs is 4. The van der Waals surface area contributed by atoms with Gasteiger partial charge in [-0.15, -0.1) is 0 Å². The molecule has 2 saturated carbocycles. The highest BCUT2D eigenvalue weighted by atomic mass is 32.3. The van der Waals surface area contributed by atoms with Gasteiger partial charge in [0.05, 0.1) is 12.2 Å². The molecule has 1 heterocycles. The molecule has 0 amide bonds. The van der Waals surface area contributed by atoms with Crippen LogP contribution in [0.4, 0.5) is 0 Å². The Morgan fingerprint density at radius 3 is 1.93 bits per heavy atom. The number of aliphatic hydroxyl groups is 3. The zero-order valence-electron chi connectivity index (χ0n) is 38.8. The van der Waals surface area contributed by atoms with Gasteiger partial charge in [0, 0.05) is 25.4 Å². The molecule has 11 atom stereocenters. The van der Waals surface area contributed by atoms with Gasteiger partial charge < -0.3 is 29.5 Å². The summed E-state index contributed by atoms with van der Waals surface area (Å²) in [5, 5.41) is 32.5. The molecule has 0 bridgehead atoms. The van der Waals surface area contributed by atoms with Crippen LogP contribution in [0.3, 0.4) is 0 Å². The van der Waals surface area contributed by atoms with Crippen LogP contribution in [0.2, 0.25) is 0 Å². The number of esters is 2. The Labute approximate surface area is 367 Å². The molecule has 5 aliphatic rings. The van der Waals surface area contributed by atoms with Gasteiger partial charge in [-0.3, -0.25) is 14.1 Å². The predicted octanol–water partition coefficient (Wildman–Crippen LogP) is 8.98. The average molecular weight is 883 g/mol. The van der Waals surface area contributed by atoms with Gasteiger partial charge in [-0.1, -0.05) is 111 Å². The highest BCUT2D eigenvalue weighted by molar-refractivity contribution is 7.80. The number of hydrogen-bond donors (Lipinski definition) is 4. The molecule has 61 heavy (non-hydrogen) atoms. The fourth-order valence-electron chi connectivity index (χ4n) is 13.3. The largest absolute Gasteiger partial charge is 0.459 e. The SMILES string of the molecule is CC(=O)O[C@H]1[C@H](O)C2=C(CC[C@H]3C(C)(C)[C@@H](OS(=O)(=O)O)[C@H](OC(=O)CCCCCCCCCCCCCCCO)C[C@]23C)[C@@H]2CC[C@H]([C@@H](C)CC[C@]3(C(C)(C)O)CO3)[C@]21C. The Bertz CT molecular complexity index is 1630. The summed E-state index contributed by atoms with van der Waals surface area (Å²) in [4.78, 5) is 26.5. The standard InChI is InChI=1S/C48H82O12S/c1-32(27-28-48(31-57-48)45(5,6)53)35-24-25-36-34-23-26-38-44(3,4)42(60-61(54,55)56)37(30-46(38,7)40(34)41(52)43(47(35,36)8)58-33(2)50)59-39(51)22-20-18-16-14-12-10-9-11-13-15-17-19-21-29-49/h32,35-38,41-43,49,52-53H,9-31H2,1-8H3,(H,54,55,56)/t32-,35+,36-,37+,38-,41+,42-,43-,46-,47+,48+/m0/s1. The predicted molar refractivity (Wildman–Crippen MR) is 234 cm³/mol. The Morgan fingerprint density at radius 2 is 1.43 bits per heavy atom. The van der Waals surface area contributed by atoms with Gasteiger partial charge in [0.25, 0.3) is 0 Å². The number of epoxide rings is 1. The zero-order chi connectivity index (χ0) is 45.0. The molecular formula is C48H82O12S. The highest BCUT2D eigenvalue weighted by Gasteiger charge is 2.68. The summed E-state index contributed by atoms with van der Waals surface area (Å²) < 4.78 is 58.4. The Kier molecular flexibility index (Phi) is 16.7. The van der Waals surface area contributed by atoms with Crippen molar-refractivity contribution in [1.29, 1.82) is 0 Å². The topological polar surface area (TPSA) is 189 Å². The van der Waals surface area contributed by atoms with E-state index in [9.17, 15) is 32.8 Å². The Morgan fingerprint density at radius 1 is 0.869 bits per heavy atom. The first-order valence-electron chi connectivity index (χ1n) is 23.9. The second-order valence-electron chi connectivity index (χ2n) is 21.5. The molecule has 1 aliphatic heterocycles. The van der Waals surface area contributed by atoms with Crippen LogP contribution >= 0.6 is 0 Å². The van der Waals surface area contributed by atoms with Crippen LogP contribution in [0.25, 0.3) is 0 Å². The minimum absolute atomic E-state index is 0.0321. The first-order valence-corrected chi connectivity index (χ1v) is 25.3. The van der Waals surface area contributed by atoms with Crippen molar-refractivity contribution in [1.82, 2.24) is 0 Å². The van der Waals surface area contributed by atoms with Gasteiger partial charge >= 0.3 is 22.3 Å². The van der Waals surface area contributed by atoms with E-state index >= 15 is 0 Å². The van der Waals surface area contributed by atoms with Crippen molar-refractivity contribution in [3.8, 4) is 0 Å². The summed E-state index contributed by atoms with van der Waals surface area (Å²) in [6.45, 7) is 16.1. The molecule has 4 N–H and O–H groups in total. The number of rotatable bonds is 24. The van der Waals surface area contributed by atoms with Crippen molar-refractivity contribution in [2.45, 2.75) is 226 Å². The van der Waals surface area contributed by atoms with Gasteiger partial charge in [-0.2, -0.15) is 8.42 Å². The third-order valence-electron chi connectivity index (χ3n) is 16.6. The van der Waals surface area contributed by atoms with Gasteiger partial charge in [0.15, 0.2) is 0 Å². The normalized spacial score (nSPS) is 34.9. The second kappa shape index (κ2) is 20.3. The third kappa shape index (κ3) is 11.3. The van der Waals surface area contributed by atoms with E-state index in [0.29, 0.717) is 32.3 Å². The Balaban J connectivity index is 1.29. The summed E-state index contributed by atoms with van der Waals surface area (Å²) in [5.74, 6) is -0.776. The molecule has 3 fully saturated rings. The van der Waals surface area contributed by atoms with Crippen molar-refractivity contribution < 1.29 is 56.3 Å². The third-order valence-corrected chi connectivity index (χ3v) is 17.0. The van der Waals surface area contributed by atoms with Crippen molar-refractivity contribution in [2.75, 3.05) is 13.2 Å². The molecule has 13 heteroatoms. The molecule has 0 unspecified atom stereocenters. The maximum atomic E-state index is 13.6. The quantitative estimate of drug-likeness (QED) is 0.0237. The first kappa shape index (κ1) is 50.4. The van der Waals surface area contributed by atoms with Crippen LogP contribution < -0.4 is 0 Å². The lowest BCUT2D eigenvalue weighted by molar-refractivity contribution is -0.193. The molecule has 0 radical (unpaired) electrons. The minimum Gasteiger partial charge on any atom is -0.459 e.